The first-order chi connectivity index (χ1) is 19.8. The Morgan fingerprint density at radius 1 is 0.644 bits per heavy atom. The van der Waals surface area contributed by atoms with Gasteiger partial charge in [0.2, 0.25) is 0 Å². The average Bonchev–Trinajstić information content (AvgIpc) is 2.87. The zero-order valence-electron chi connectivity index (χ0n) is 23.0. The van der Waals surface area contributed by atoms with E-state index in [0.717, 1.165) is 0 Å². The van der Waals surface area contributed by atoms with E-state index in [0.29, 0.717) is 25.5 Å². The van der Waals surface area contributed by atoms with Crippen molar-refractivity contribution in [1.29, 1.82) is 0 Å². The van der Waals surface area contributed by atoms with E-state index in [4.69, 9.17) is 0 Å². The summed E-state index contributed by atoms with van der Waals surface area (Å²) < 4.78 is 261. The molecule has 1 fully saturated rings. The Morgan fingerprint density at radius 2 is 1.04 bits per heavy atom. The van der Waals surface area contributed by atoms with Gasteiger partial charge in [0.15, 0.2) is 0 Å². The van der Waals surface area contributed by atoms with Crippen molar-refractivity contribution in [2.75, 3.05) is 12.0 Å². The predicted molar refractivity (Wildman–Crippen MR) is 125 cm³/mol. The second-order valence-corrected chi connectivity index (χ2v) is 15.5. The lowest BCUT2D eigenvalue weighted by Gasteiger charge is -2.45. The summed E-state index contributed by atoms with van der Waals surface area (Å²) in [6.45, 7) is 1.69. The number of unbranched alkanes of at least 4 members (excludes halogenated alkanes) is 2. The molecule has 0 aromatic heterocycles. The minimum atomic E-state index is -8.92. The summed E-state index contributed by atoms with van der Waals surface area (Å²) in [5, 5.41) is -8.95. The quantitative estimate of drug-likeness (QED) is 0.117. The van der Waals surface area contributed by atoms with Crippen molar-refractivity contribution < 1.29 is 91.5 Å². The molecule has 270 valence electrons. The third-order valence-corrected chi connectivity index (χ3v) is 12.6. The van der Waals surface area contributed by atoms with Gasteiger partial charge >= 0.3 is 57.1 Å². The zero-order chi connectivity index (χ0) is 35.9. The van der Waals surface area contributed by atoms with Crippen molar-refractivity contribution in [3.63, 3.8) is 0 Å². The van der Waals surface area contributed by atoms with Crippen LogP contribution in [0.3, 0.4) is 0 Å². The molecular weight excluding hydrogens is 715 g/mol. The van der Waals surface area contributed by atoms with Gasteiger partial charge in [0, 0.05) is 11.7 Å². The van der Waals surface area contributed by atoms with Crippen molar-refractivity contribution in [2.24, 2.45) is 0 Å². The number of halogens is 17. The lowest BCUT2D eigenvalue weighted by molar-refractivity contribution is -0.458. The fraction of sp³-hybridized carbons (Fsp3) is 0.955. The third kappa shape index (κ3) is 6.99. The Morgan fingerprint density at radius 3 is 1.44 bits per heavy atom. The zero-order valence-corrected chi connectivity index (χ0v) is 24.7. The topological polar surface area (TPSA) is 60.4 Å². The maximum absolute atomic E-state index is 14.7. The van der Waals surface area contributed by atoms with Gasteiger partial charge in [-0.05, 0) is 25.5 Å². The fourth-order valence-electron chi connectivity index (χ4n) is 4.28. The molecule has 0 amide bonds. The molecule has 0 aromatic carbocycles. The highest BCUT2D eigenvalue weighted by Crippen LogP contribution is 2.66. The molecule has 0 heterocycles. The van der Waals surface area contributed by atoms with Gasteiger partial charge in [0.1, 0.15) is 5.78 Å². The molecule has 0 aromatic rings. The maximum Gasteiger partial charge on any atom is 0.460 e. The molecule has 1 aliphatic carbocycles. The van der Waals surface area contributed by atoms with Gasteiger partial charge in [-0.25, -0.2) is 3.63 Å². The molecule has 0 N–H and O–H groups in total. The maximum atomic E-state index is 14.7. The molecule has 0 aliphatic heterocycles. The van der Waals surface area contributed by atoms with Crippen LogP contribution in [0.1, 0.15) is 64.7 Å². The lowest BCUT2D eigenvalue weighted by atomic mass is 9.91. The van der Waals surface area contributed by atoms with E-state index in [1.165, 1.54) is 0 Å². The Bertz CT molecular complexity index is 1150. The van der Waals surface area contributed by atoms with Crippen LogP contribution in [0.25, 0.3) is 0 Å². The molecule has 0 radical (unpaired) electrons. The molecule has 1 unspecified atom stereocenters. The van der Waals surface area contributed by atoms with Crippen LogP contribution in [-0.4, -0.2) is 78.4 Å². The molecule has 45 heavy (non-hydrogen) atoms. The smallest absolute Gasteiger partial charge is 0.299 e. The minimum Gasteiger partial charge on any atom is -0.299 e. The highest BCUT2D eigenvalue weighted by atomic mass is 32.3. The van der Waals surface area contributed by atoms with Gasteiger partial charge in [0.25, 0.3) is 0 Å². The van der Waals surface area contributed by atoms with E-state index >= 15 is 0 Å². The molecule has 0 saturated heterocycles. The molecule has 23 heteroatoms. The average molecular weight is 743 g/mol. The number of Topliss-reactive ketones (excluding diaryl/α,β-unsaturated/α-hetero) is 1. The Labute approximate surface area is 247 Å². The van der Waals surface area contributed by atoms with Crippen LogP contribution < -0.4 is 0 Å². The van der Waals surface area contributed by atoms with Crippen LogP contribution in [0.5, 0.6) is 0 Å². The summed E-state index contributed by atoms with van der Waals surface area (Å²) in [5.41, 5.74) is 0. The van der Waals surface area contributed by atoms with Crippen LogP contribution in [0.4, 0.5) is 74.6 Å². The molecule has 1 rings (SSSR count). The van der Waals surface area contributed by atoms with Crippen LogP contribution >= 0.6 is 10.3 Å². The summed E-state index contributed by atoms with van der Waals surface area (Å²) in [6.07, 6.45) is -5.74. The lowest BCUT2D eigenvalue weighted by Crippen LogP contribution is -2.75. The Hall–Kier alpha value is -1.26. The van der Waals surface area contributed by atoms with Gasteiger partial charge in [0.05, 0.1) is 5.75 Å². The van der Waals surface area contributed by atoms with Crippen molar-refractivity contribution >= 4 is 26.2 Å². The van der Waals surface area contributed by atoms with Crippen LogP contribution in [-0.2, 0) is 18.5 Å². The van der Waals surface area contributed by atoms with Gasteiger partial charge in [-0.2, -0.15) is 83.1 Å². The van der Waals surface area contributed by atoms with Crippen LogP contribution in [0.2, 0.25) is 0 Å². The van der Waals surface area contributed by atoms with E-state index in [9.17, 15) is 87.8 Å². The molecule has 0 spiro atoms. The Kier molecular flexibility index (Phi) is 12.0. The molecule has 1 aliphatic rings. The van der Waals surface area contributed by atoms with E-state index in [2.05, 4.69) is 3.63 Å². The monoisotopic (exact) mass is 742 g/mol. The number of carbonyl (C=O) groups is 1. The number of hydrogen-bond acceptors (Lipinski definition) is 4. The van der Waals surface area contributed by atoms with Crippen molar-refractivity contribution in [1.82, 2.24) is 0 Å². The van der Waals surface area contributed by atoms with Crippen molar-refractivity contribution in [3.8, 4) is 0 Å². The molecular formula is C22H27F17O4S2. The predicted octanol–water partition coefficient (Wildman–Crippen LogP) is 9.13. The molecule has 0 bridgehead atoms. The standard InChI is InChI=1S/C22H27F17O4S2/c1-3-4-6-9-13(40)12-44(2,14-10-7-5-8-11-14)43-45(41,42)22(38,39)20(33,34)18(29,30)16(25,26)15(23,24)17(27,28)19(31,32)21(35,36)37/h14H,3-12H2,1-2H3. The summed E-state index contributed by atoms with van der Waals surface area (Å²) in [4.78, 5) is 12.5. The number of alkyl halides is 17. The summed E-state index contributed by atoms with van der Waals surface area (Å²) in [6, 6.07) is 0. The second-order valence-electron chi connectivity index (χ2n) is 10.5. The summed E-state index contributed by atoms with van der Waals surface area (Å²) >= 11 is 0. The van der Waals surface area contributed by atoms with E-state index in [1.54, 1.807) is 6.92 Å². The van der Waals surface area contributed by atoms with E-state index in [1.807, 2.05) is 0 Å². The second kappa shape index (κ2) is 13.0. The minimum absolute atomic E-state index is 0.103. The van der Waals surface area contributed by atoms with Crippen LogP contribution in [0, 0.1) is 0 Å². The van der Waals surface area contributed by atoms with E-state index in [-0.39, 0.29) is 38.5 Å². The third-order valence-electron chi connectivity index (χ3n) is 7.02. The SMILES string of the molecule is CCCCCC(=O)CS(C)(OS(=O)(=O)C(F)(F)C(F)(F)C(F)(F)C(F)(F)C(F)(F)C(F)(F)C(F)(F)C(F)(F)F)C1CCCCC1. The fourth-order valence-corrected chi connectivity index (χ4v) is 9.69. The number of ketones is 1. The van der Waals surface area contributed by atoms with Crippen molar-refractivity contribution in [3.05, 3.63) is 0 Å². The summed E-state index contributed by atoms with van der Waals surface area (Å²) in [5.74, 6) is -54.1. The molecule has 1 atom stereocenters. The highest BCUT2D eigenvalue weighted by Gasteiger charge is 2.96. The number of rotatable bonds is 16. The van der Waals surface area contributed by atoms with Crippen molar-refractivity contribution in [2.45, 2.75) is 117 Å². The van der Waals surface area contributed by atoms with Gasteiger partial charge in [-0.15, -0.1) is 10.3 Å². The normalized spacial score (nSPS) is 19.7. The first-order valence-corrected chi connectivity index (χ1v) is 16.3. The van der Waals surface area contributed by atoms with Gasteiger partial charge in [-0.1, -0.05) is 39.0 Å². The largest absolute Gasteiger partial charge is 0.460 e. The van der Waals surface area contributed by atoms with Crippen LogP contribution in [0.15, 0.2) is 0 Å². The number of hydrogen-bond donors (Lipinski definition) is 0. The van der Waals surface area contributed by atoms with E-state index < -0.39 is 84.2 Å². The first kappa shape index (κ1) is 41.8. The Balaban J connectivity index is 3.68. The summed E-state index contributed by atoms with van der Waals surface area (Å²) in [7, 11) is -11.7. The van der Waals surface area contributed by atoms with Gasteiger partial charge in [-0.3, -0.25) is 4.79 Å². The molecule has 4 nitrogen and oxygen atoms in total. The highest BCUT2D eigenvalue weighted by molar-refractivity contribution is 8.33. The number of carbonyl (C=O) groups excluding carboxylic acids is 1. The first-order valence-electron chi connectivity index (χ1n) is 12.7. The van der Waals surface area contributed by atoms with Gasteiger partial charge < -0.3 is 0 Å². The molecule has 1 saturated carbocycles.